The minimum Gasteiger partial charge on any atom is -0.314 e. The summed E-state index contributed by atoms with van der Waals surface area (Å²) >= 11 is 0.0808. The minimum absolute atomic E-state index is 0.0808. The third kappa shape index (κ3) is 5.45. The van der Waals surface area contributed by atoms with E-state index < -0.39 is 5.51 Å². The van der Waals surface area contributed by atoms with Gasteiger partial charge >= 0.3 is 5.51 Å². The highest BCUT2D eigenvalue weighted by atomic mass is 32.2. The van der Waals surface area contributed by atoms with Gasteiger partial charge in [0.1, 0.15) is 0 Å². The lowest BCUT2D eigenvalue weighted by Gasteiger charge is -2.40. The second-order valence-corrected chi connectivity index (χ2v) is 7.02. The number of rotatable bonds is 5. The molecule has 3 atom stereocenters. The van der Waals surface area contributed by atoms with Crippen molar-refractivity contribution in [2.75, 3.05) is 18.8 Å². The first-order valence-electron chi connectivity index (χ1n) is 7.74. The smallest absolute Gasteiger partial charge is 0.314 e. The topological polar surface area (TPSA) is 24.1 Å². The van der Waals surface area contributed by atoms with Gasteiger partial charge in [-0.25, -0.2) is 0 Å². The van der Waals surface area contributed by atoms with Crippen molar-refractivity contribution in [1.29, 1.82) is 0 Å². The van der Waals surface area contributed by atoms with Gasteiger partial charge in [-0.15, -0.1) is 0 Å². The van der Waals surface area contributed by atoms with Gasteiger partial charge in [0.2, 0.25) is 0 Å². The quantitative estimate of drug-likeness (QED) is 0.760. The molecular formula is C14H25F3N2S. The molecule has 0 bridgehead atoms. The lowest BCUT2D eigenvalue weighted by Crippen LogP contribution is -2.50. The van der Waals surface area contributed by atoms with Crippen molar-refractivity contribution in [3.8, 4) is 0 Å². The second kappa shape index (κ2) is 7.90. The zero-order valence-electron chi connectivity index (χ0n) is 11.8. The largest absolute Gasteiger partial charge is 0.441 e. The Kier molecular flexibility index (Phi) is 6.49. The van der Waals surface area contributed by atoms with Crippen LogP contribution in [0.1, 0.15) is 44.9 Å². The Morgan fingerprint density at radius 1 is 1.05 bits per heavy atom. The van der Waals surface area contributed by atoms with E-state index in [1.54, 1.807) is 0 Å². The molecule has 1 heterocycles. The molecule has 20 heavy (non-hydrogen) atoms. The van der Waals surface area contributed by atoms with Crippen LogP contribution in [0.15, 0.2) is 0 Å². The third-order valence-corrected chi connectivity index (χ3v) is 5.19. The lowest BCUT2D eigenvalue weighted by atomic mass is 9.77. The van der Waals surface area contributed by atoms with Crippen LogP contribution in [0.3, 0.4) is 0 Å². The number of piperidine rings is 1. The number of nitrogens with one attached hydrogen (secondary N) is 2. The zero-order chi connectivity index (χ0) is 14.4. The molecule has 0 aromatic rings. The molecule has 2 nitrogen and oxygen atoms in total. The summed E-state index contributed by atoms with van der Waals surface area (Å²) in [4.78, 5) is 0. The zero-order valence-corrected chi connectivity index (χ0v) is 12.7. The van der Waals surface area contributed by atoms with Crippen molar-refractivity contribution in [2.24, 2.45) is 5.92 Å². The fourth-order valence-corrected chi connectivity index (χ4v) is 4.00. The van der Waals surface area contributed by atoms with E-state index in [2.05, 4.69) is 10.6 Å². The molecule has 1 saturated carbocycles. The number of hydrogen-bond acceptors (Lipinski definition) is 3. The Balaban J connectivity index is 1.75. The maximum atomic E-state index is 12.1. The number of halogens is 3. The van der Waals surface area contributed by atoms with Gasteiger partial charge in [-0.1, -0.05) is 19.3 Å². The van der Waals surface area contributed by atoms with Gasteiger partial charge in [-0.2, -0.15) is 13.2 Å². The molecule has 2 aliphatic rings. The minimum atomic E-state index is -4.10. The van der Waals surface area contributed by atoms with Crippen LogP contribution in [-0.4, -0.2) is 36.4 Å². The van der Waals surface area contributed by atoms with E-state index in [0.29, 0.717) is 24.5 Å². The lowest BCUT2D eigenvalue weighted by molar-refractivity contribution is -0.0327. The monoisotopic (exact) mass is 310 g/mol. The van der Waals surface area contributed by atoms with Gasteiger partial charge < -0.3 is 10.6 Å². The van der Waals surface area contributed by atoms with E-state index in [9.17, 15) is 13.2 Å². The molecule has 118 valence electrons. The number of thioether (sulfide) groups is 1. The summed E-state index contributed by atoms with van der Waals surface area (Å²) in [5.74, 6) is 0.713. The van der Waals surface area contributed by atoms with Gasteiger partial charge in [-0.3, -0.25) is 0 Å². The Hall–Kier alpha value is 0.0600. The molecule has 2 fully saturated rings. The molecule has 2 N–H and O–H groups in total. The molecule has 2 rings (SSSR count). The summed E-state index contributed by atoms with van der Waals surface area (Å²) in [5.41, 5.74) is -4.10. The standard InChI is InChI=1S/C14H25F3N2S/c15-14(16,17)20-10-9-19-13-6-2-1-5-11(13)12-7-3-4-8-18-12/h11-13,18-19H,1-10H2. The van der Waals surface area contributed by atoms with Crippen molar-refractivity contribution in [2.45, 2.75) is 62.5 Å². The summed E-state index contributed by atoms with van der Waals surface area (Å²) in [6.45, 7) is 1.55. The van der Waals surface area contributed by atoms with E-state index in [0.717, 1.165) is 13.0 Å². The normalized spacial score (nSPS) is 32.2. The van der Waals surface area contributed by atoms with Crippen LogP contribution in [0.5, 0.6) is 0 Å². The van der Waals surface area contributed by atoms with Gasteiger partial charge in [0.05, 0.1) is 0 Å². The number of alkyl halides is 3. The summed E-state index contributed by atoms with van der Waals surface area (Å²) in [5, 5.41) is 6.99. The van der Waals surface area contributed by atoms with E-state index in [4.69, 9.17) is 0 Å². The van der Waals surface area contributed by atoms with Crippen LogP contribution in [0.25, 0.3) is 0 Å². The first-order chi connectivity index (χ1) is 9.56. The molecule has 1 aliphatic heterocycles. The molecule has 3 unspecified atom stereocenters. The molecule has 1 saturated heterocycles. The molecule has 1 aliphatic carbocycles. The summed E-state index contributed by atoms with van der Waals surface area (Å²) in [7, 11) is 0. The van der Waals surface area contributed by atoms with E-state index in [1.165, 1.54) is 38.5 Å². The molecule has 0 aromatic heterocycles. The first kappa shape index (κ1) is 16.4. The van der Waals surface area contributed by atoms with Crippen molar-refractivity contribution in [1.82, 2.24) is 10.6 Å². The molecule has 6 heteroatoms. The van der Waals surface area contributed by atoms with Gasteiger partial charge in [-0.05, 0) is 49.9 Å². The van der Waals surface area contributed by atoms with Gasteiger partial charge in [0.25, 0.3) is 0 Å². The van der Waals surface area contributed by atoms with Crippen LogP contribution in [0.4, 0.5) is 13.2 Å². The average molecular weight is 310 g/mol. The van der Waals surface area contributed by atoms with E-state index in [-0.39, 0.29) is 17.5 Å². The third-order valence-electron chi connectivity index (χ3n) is 4.46. The number of hydrogen-bond donors (Lipinski definition) is 2. The molecule has 0 aromatic carbocycles. The predicted octanol–water partition coefficient (Wildman–Crippen LogP) is 3.53. The highest BCUT2D eigenvalue weighted by Gasteiger charge is 2.32. The van der Waals surface area contributed by atoms with Crippen molar-refractivity contribution < 1.29 is 13.2 Å². The van der Waals surface area contributed by atoms with Crippen LogP contribution in [-0.2, 0) is 0 Å². The van der Waals surface area contributed by atoms with Gasteiger partial charge in [0.15, 0.2) is 0 Å². The summed E-state index contributed by atoms with van der Waals surface area (Å²) < 4.78 is 36.3. The SMILES string of the molecule is FC(F)(F)SCCNC1CCCCC1C1CCCCN1. The fraction of sp³-hybridized carbons (Fsp3) is 1.00. The molecule has 0 spiro atoms. The Morgan fingerprint density at radius 2 is 1.80 bits per heavy atom. The average Bonchev–Trinajstić information content (AvgIpc) is 2.44. The Morgan fingerprint density at radius 3 is 2.50 bits per heavy atom. The van der Waals surface area contributed by atoms with Crippen LogP contribution in [0.2, 0.25) is 0 Å². The van der Waals surface area contributed by atoms with Crippen LogP contribution in [0, 0.1) is 5.92 Å². The second-order valence-electron chi connectivity index (χ2n) is 5.86. The maximum Gasteiger partial charge on any atom is 0.441 e. The first-order valence-corrected chi connectivity index (χ1v) is 8.72. The predicted molar refractivity (Wildman–Crippen MR) is 77.9 cm³/mol. The van der Waals surface area contributed by atoms with Crippen molar-refractivity contribution >= 4 is 11.8 Å². The molecule has 0 amide bonds. The fourth-order valence-electron chi connectivity index (χ4n) is 3.55. The highest BCUT2D eigenvalue weighted by molar-refractivity contribution is 8.00. The van der Waals surface area contributed by atoms with Gasteiger partial charge in [0, 0.05) is 24.4 Å². The van der Waals surface area contributed by atoms with Crippen molar-refractivity contribution in [3.05, 3.63) is 0 Å². The molecule has 0 radical (unpaired) electrons. The summed E-state index contributed by atoms with van der Waals surface area (Å²) in [6.07, 6.45) is 8.54. The van der Waals surface area contributed by atoms with E-state index in [1.807, 2.05) is 0 Å². The highest BCUT2D eigenvalue weighted by Crippen LogP contribution is 2.31. The van der Waals surface area contributed by atoms with Crippen LogP contribution < -0.4 is 10.6 Å². The Bertz CT molecular complexity index is 280. The Labute approximate surface area is 123 Å². The maximum absolute atomic E-state index is 12.1. The summed E-state index contributed by atoms with van der Waals surface area (Å²) in [6, 6.07) is 0.963. The van der Waals surface area contributed by atoms with Crippen molar-refractivity contribution in [3.63, 3.8) is 0 Å². The molecular weight excluding hydrogens is 285 g/mol. The van der Waals surface area contributed by atoms with Crippen LogP contribution >= 0.6 is 11.8 Å². The van der Waals surface area contributed by atoms with E-state index >= 15 is 0 Å².